The SMILES string of the molecule is COc1ccc(CNC(=O)C2NNNC2c2cccc(C)c2)cc1OC. The number of benzene rings is 2. The second-order valence-corrected chi connectivity index (χ2v) is 6.19. The molecule has 0 bridgehead atoms. The first-order valence-corrected chi connectivity index (χ1v) is 8.43. The molecule has 138 valence electrons. The largest absolute Gasteiger partial charge is 0.493 e. The van der Waals surface area contributed by atoms with Crippen LogP contribution in [0.15, 0.2) is 42.5 Å². The number of carbonyl (C=O) groups excluding carboxylic acids is 1. The highest BCUT2D eigenvalue weighted by Gasteiger charge is 2.33. The van der Waals surface area contributed by atoms with E-state index in [1.165, 1.54) is 0 Å². The van der Waals surface area contributed by atoms with Crippen molar-refractivity contribution in [2.45, 2.75) is 25.6 Å². The maximum atomic E-state index is 12.7. The third-order valence-corrected chi connectivity index (χ3v) is 4.39. The van der Waals surface area contributed by atoms with Crippen LogP contribution >= 0.6 is 0 Å². The molecule has 7 heteroatoms. The first-order chi connectivity index (χ1) is 12.6. The Morgan fingerprint density at radius 1 is 1.08 bits per heavy atom. The molecule has 3 rings (SSSR count). The lowest BCUT2D eigenvalue weighted by Crippen LogP contribution is -2.44. The minimum atomic E-state index is -0.419. The lowest BCUT2D eigenvalue weighted by Gasteiger charge is -2.18. The quantitative estimate of drug-likeness (QED) is 0.625. The van der Waals surface area contributed by atoms with Crippen LogP contribution in [-0.2, 0) is 11.3 Å². The molecule has 1 fully saturated rings. The number of aryl methyl sites for hydroxylation is 1. The lowest BCUT2D eigenvalue weighted by molar-refractivity contribution is -0.123. The van der Waals surface area contributed by atoms with Gasteiger partial charge in [0.25, 0.3) is 0 Å². The molecule has 1 heterocycles. The molecule has 1 aliphatic rings. The van der Waals surface area contributed by atoms with Crippen LogP contribution in [0.4, 0.5) is 0 Å². The second-order valence-electron chi connectivity index (χ2n) is 6.19. The molecule has 0 spiro atoms. The average Bonchev–Trinajstić information content (AvgIpc) is 3.15. The van der Waals surface area contributed by atoms with E-state index in [9.17, 15) is 4.79 Å². The number of methoxy groups -OCH3 is 2. The molecule has 0 aromatic heterocycles. The summed E-state index contributed by atoms with van der Waals surface area (Å²) in [7, 11) is 3.18. The summed E-state index contributed by atoms with van der Waals surface area (Å²) in [5.41, 5.74) is 12.1. The summed E-state index contributed by atoms with van der Waals surface area (Å²) < 4.78 is 10.5. The zero-order valence-corrected chi connectivity index (χ0v) is 15.1. The van der Waals surface area contributed by atoms with Gasteiger partial charge in [-0.1, -0.05) is 35.9 Å². The van der Waals surface area contributed by atoms with E-state index in [4.69, 9.17) is 9.47 Å². The van der Waals surface area contributed by atoms with Gasteiger partial charge in [-0.25, -0.2) is 10.9 Å². The summed E-state index contributed by atoms with van der Waals surface area (Å²) >= 11 is 0. The molecule has 2 unspecified atom stereocenters. The molecule has 2 aromatic rings. The van der Waals surface area contributed by atoms with Gasteiger partial charge in [-0.3, -0.25) is 4.79 Å². The number of carbonyl (C=O) groups is 1. The van der Waals surface area contributed by atoms with Crippen molar-refractivity contribution in [1.82, 2.24) is 21.7 Å². The summed E-state index contributed by atoms with van der Waals surface area (Å²) in [6.07, 6.45) is 0. The van der Waals surface area contributed by atoms with E-state index in [2.05, 4.69) is 27.8 Å². The highest BCUT2D eigenvalue weighted by Crippen LogP contribution is 2.27. The van der Waals surface area contributed by atoms with Crippen LogP contribution in [-0.4, -0.2) is 26.2 Å². The van der Waals surface area contributed by atoms with Crippen LogP contribution in [0.3, 0.4) is 0 Å². The number of hydrogen-bond acceptors (Lipinski definition) is 6. The first-order valence-electron chi connectivity index (χ1n) is 8.43. The van der Waals surface area contributed by atoms with Gasteiger partial charge in [0, 0.05) is 6.54 Å². The zero-order chi connectivity index (χ0) is 18.5. The van der Waals surface area contributed by atoms with Gasteiger partial charge >= 0.3 is 0 Å². The predicted molar refractivity (Wildman–Crippen MR) is 98.5 cm³/mol. The minimum Gasteiger partial charge on any atom is -0.493 e. The third kappa shape index (κ3) is 3.96. The minimum absolute atomic E-state index is 0.0937. The van der Waals surface area contributed by atoms with E-state index in [1.54, 1.807) is 14.2 Å². The lowest BCUT2D eigenvalue weighted by atomic mass is 9.98. The Balaban J connectivity index is 1.66. The summed E-state index contributed by atoms with van der Waals surface area (Å²) in [6, 6.07) is 13.1. The topological polar surface area (TPSA) is 83.7 Å². The summed E-state index contributed by atoms with van der Waals surface area (Å²) in [5, 5.41) is 2.97. The molecule has 7 nitrogen and oxygen atoms in total. The molecule has 1 amide bonds. The highest BCUT2D eigenvalue weighted by atomic mass is 16.5. The monoisotopic (exact) mass is 356 g/mol. The highest BCUT2D eigenvalue weighted by molar-refractivity contribution is 5.83. The van der Waals surface area contributed by atoms with E-state index in [0.717, 1.165) is 16.7 Å². The fourth-order valence-corrected chi connectivity index (χ4v) is 3.01. The molecular weight excluding hydrogens is 332 g/mol. The van der Waals surface area contributed by atoms with Gasteiger partial charge in [-0.2, -0.15) is 5.53 Å². The molecule has 4 N–H and O–H groups in total. The van der Waals surface area contributed by atoms with E-state index in [1.807, 2.05) is 43.3 Å². The van der Waals surface area contributed by atoms with Crippen molar-refractivity contribution in [2.75, 3.05) is 14.2 Å². The van der Waals surface area contributed by atoms with Gasteiger partial charge in [0.15, 0.2) is 11.5 Å². The molecule has 0 saturated carbocycles. The van der Waals surface area contributed by atoms with Gasteiger partial charge in [0.05, 0.1) is 20.3 Å². The van der Waals surface area contributed by atoms with Crippen molar-refractivity contribution in [3.63, 3.8) is 0 Å². The van der Waals surface area contributed by atoms with Crippen LogP contribution in [0, 0.1) is 6.92 Å². The molecule has 26 heavy (non-hydrogen) atoms. The molecule has 1 saturated heterocycles. The third-order valence-electron chi connectivity index (χ3n) is 4.39. The second kappa shape index (κ2) is 8.18. The Morgan fingerprint density at radius 2 is 1.88 bits per heavy atom. The fourth-order valence-electron chi connectivity index (χ4n) is 3.01. The van der Waals surface area contributed by atoms with Crippen molar-refractivity contribution in [1.29, 1.82) is 0 Å². The molecule has 2 aromatic carbocycles. The summed E-state index contributed by atoms with van der Waals surface area (Å²) in [4.78, 5) is 12.7. The molecule has 0 aliphatic carbocycles. The number of nitrogens with one attached hydrogen (secondary N) is 4. The molecule has 1 aliphatic heterocycles. The standard InChI is InChI=1S/C19H24N4O3/c1-12-5-4-6-14(9-12)17-18(22-23-21-17)19(24)20-11-13-7-8-15(25-2)16(10-13)26-3/h4-10,17-18,21-23H,11H2,1-3H3,(H,20,24). The summed E-state index contributed by atoms with van der Waals surface area (Å²) in [5.74, 6) is 1.20. The van der Waals surface area contributed by atoms with Crippen molar-refractivity contribution in [3.05, 3.63) is 59.2 Å². The Morgan fingerprint density at radius 3 is 2.62 bits per heavy atom. The summed E-state index contributed by atoms with van der Waals surface area (Å²) in [6.45, 7) is 2.43. The fraction of sp³-hybridized carbons (Fsp3) is 0.316. The Labute approximate surface area is 153 Å². The Bertz CT molecular complexity index is 781. The van der Waals surface area contributed by atoms with Crippen molar-refractivity contribution in [3.8, 4) is 11.5 Å². The van der Waals surface area contributed by atoms with Crippen LogP contribution in [0.2, 0.25) is 0 Å². The van der Waals surface area contributed by atoms with Gasteiger partial charge in [-0.05, 0) is 30.2 Å². The maximum absolute atomic E-state index is 12.7. The normalized spacial score (nSPS) is 19.2. The smallest absolute Gasteiger partial charge is 0.240 e. The molecule has 0 radical (unpaired) electrons. The van der Waals surface area contributed by atoms with E-state index < -0.39 is 6.04 Å². The van der Waals surface area contributed by atoms with Crippen molar-refractivity contribution in [2.24, 2.45) is 0 Å². The van der Waals surface area contributed by atoms with E-state index >= 15 is 0 Å². The number of amides is 1. The van der Waals surface area contributed by atoms with Gasteiger partial charge in [0.1, 0.15) is 6.04 Å². The van der Waals surface area contributed by atoms with Crippen molar-refractivity contribution < 1.29 is 14.3 Å². The molecular formula is C19H24N4O3. The predicted octanol–water partition coefficient (Wildman–Crippen LogP) is 1.35. The van der Waals surface area contributed by atoms with E-state index in [-0.39, 0.29) is 11.9 Å². The maximum Gasteiger partial charge on any atom is 0.240 e. The number of ether oxygens (including phenoxy) is 2. The van der Waals surface area contributed by atoms with Gasteiger partial charge < -0.3 is 14.8 Å². The molecule has 2 atom stereocenters. The Hall–Kier alpha value is -2.61. The number of hydrazine groups is 2. The Kier molecular flexibility index (Phi) is 5.72. The first kappa shape index (κ1) is 18.2. The van der Waals surface area contributed by atoms with Gasteiger partial charge in [-0.15, -0.1) is 0 Å². The van der Waals surface area contributed by atoms with Crippen LogP contribution < -0.4 is 31.2 Å². The van der Waals surface area contributed by atoms with Crippen LogP contribution in [0.1, 0.15) is 22.7 Å². The van der Waals surface area contributed by atoms with E-state index in [0.29, 0.717) is 18.0 Å². The number of hydrogen-bond donors (Lipinski definition) is 4. The van der Waals surface area contributed by atoms with Gasteiger partial charge in [0.2, 0.25) is 5.91 Å². The van der Waals surface area contributed by atoms with Crippen LogP contribution in [0.25, 0.3) is 0 Å². The zero-order valence-electron chi connectivity index (χ0n) is 15.1. The van der Waals surface area contributed by atoms with Crippen molar-refractivity contribution >= 4 is 5.91 Å². The average molecular weight is 356 g/mol. The number of rotatable bonds is 6. The van der Waals surface area contributed by atoms with Crippen LogP contribution in [0.5, 0.6) is 11.5 Å².